The minimum atomic E-state index is -4.10. The second-order valence-corrected chi connectivity index (χ2v) is 7.15. The first-order valence-electron chi connectivity index (χ1n) is 7.54. The molecule has 0 saturated heterocycles. The molecule has 27 heavy (non-hydrogen) atoms. The fraction of sp³-hybridized carbons (Fsp3) is 0.188. The van der Waals surface area contributed by atoms with Gasteiger partial charge in [-0.1, -0.05) is 0 Å². The molecule has 11 heteroatoms. The Morgan fingerprint density at radius 3 is 2.59 bits per heavy atom. The second kappa shape index (κ2) is 6.93. The Labute approximate surface area is 153 Å². The second-order valence-electron chi connectivity index (χ2n) is 5.59. The molecule has 0 aliphatic carbocycles. The number of nitrogens with zero attached hydrogens (tertiary/aromatic N) is 2. The highest BCUT2D eigenvalue weighted by Crippen LogP contribution is 2.25. The summed E-state index contributed by atoms with van der Waals surface area (Å²) in [7, 11) is -4.10. The van der Waals surface area contributed by atoms with Crippen LogP contribution in [0.5, 0.6) is 0 Å². The van der Waals surface area contributed by atoms with E-state index in [2.05, 4.69) is 10.2 Å². The molecule has 2 N–H and O–H groups in total. The normalized spacial score (nSPS) is 11.6. The summed E-state index contributed by atoms with van der Waals surface area (Å²) in [5, 5.41) is 12.5. The molecule has 0 fully saturated rings. The van der Waals surface area contributed by atoms with Gasteiger partial charge in [0.05, 0.1) is 16.0 Å². The van der Waals surface area contributed by atoms with Crippen LogP contribution in [0.15, 0.2) is 38.0 Å². The zero-order valence-electron chi connectivity index (χ0n) is 14.2. The molecule has 9 nitrogen and oxygen atoms in total. The minimum absolute atomic E-state index is 0.0281. The van der Waals surface area contributed by atoms with Gasteiger partial charge in [0.15, 0.2) is 6.61 Å². The van der Waals surface area contributed by atoms with Gasteiger partial charge in [0.2, 0.25) is 10.0 Å². The third kappa shape index (κ3) is 4.04. The monoisotopic (exact) mass is 395 g/mol. The van der Waals surface area contributed by atoms with Gasteiger partial charge in [-0.15, -0.1) is 10.2 Å². The van der Waals surface area contributed by atoms with Crippen molar-refractivity contribution in [2.24, 2.45) is 5.14 Å². The summed E-state index contributed by atoms with van der Waals surface area (Å²) in [4.78, 5) is 11.6. The van der Waals surface area contributed by atoms with Crippen molar-refractivity contribution in [3.8, 4) is 11.5 Å². The number of carbonyl (C=O) groups excluding carboxylic acids is 1. The van der Waals surface area contributed by atoms with E-state index in [9.17, 15) is 17.6 Å². The topological polar surface area (TPSA) is 139 Å². The molecule has 0 aliphatic rings. The van der Waals surface area contributed by atoms with Crippen LogP contribution < -0.4 is 5.14 Å². The van der Waals surface area contributed by atoms with Gasteiger partial charge in [-0.05, 0) is 38.1 Å². The Hall–Kier alpha value is -3.05. The molecule has 3 aromatic rings. The third-order valence-electron chi connectivity index (χ3n) is 3.55. The lowest BCUT2D eigenvalue weighted by Crippen LogP contribution is -2.14. The third-order valence-corrected chi connectivity index (χ3v) is 4.46. The predicted octanol–water partition coefficient (Wildman–Crippen LogP) is 2.09. The summed E-state index contributed by atoms with van der Waals surface area (Å²) >= 11 is 0. The van der Waals surface area contributed by atoms with Crippen molar-refractivity contribution in [2.45, 2.75) is 25.3 Å². The average molecular weight is 395 g/mol. The number of halogens is 1. The van der Waals surface area contributed by atoms with Gasteiger partial charge in [0.25, 0.3) is 11.8 Å². The predicted molar refractivity (Wildman–Crippen MR) is 88.4 cm³/mol. The number of aromatic nitrogens is 2. The van der Waals surface area contributed by atoms with E-state index in [1.807, 2.05) is 0 Å². The van der Waals surface area contributed by atoms with Gasteiger partial charge in [0.1, 0.15) is 17.3 Å². The number of rotatable bonds is 5. The Balaban J connectivity index is 1.74. The van der Waals surface area contributed by atoms with Gasteiger partial charge >= 0.3 is 5.97 Å². The van der Waals surface area contributed by atoms with E-state index in [-0.39, 0.29) is 11.8 Å². The smallest absolute Gasteiger partial charge is 0.341 e. The lowest BCUT2D eigenvalue weighted by molar-refractivity contribution is 0.0433. The zero-order chi connectivity index (χ0) is 19.8. The number of carbonyl (C=O) groups is 1. The fourth-order valence-corrected chi connectivity index (χ4v) is 2.85. The van der Waals surface area contributed by atoms with Crippen LogP contribution >= 0.6 is 0 Å². The van der Waals surface area contributed by atoms with Gasteiger partial charge in [-0.25, -0.2) is 22.7 Å². The quantitative estimate of drug-likeness (QED) is 0.648. The van der Waals surface area contributed by atoms with Crippen molar-refractivity contribution in [1.82, 2.24) is 10.2 Å². The first kappa shape index (κ1) is 18.7. The molecule has 0 aliphatic heterocycles. The van der Waals surface area contributed by atoms with E-state index >= 15 is 0 Å². The van der Waals surface area contributed by atoms with E-state index in [1.165, 1.54) is 0 Å². The van der Waals surface area contributed by atoms with Gasteiger partial charge < -0.3 is 13.6 Å². The summed E-state index contributed by atoms with van der Waals surface area (Å²) in [5.74, 6) is -0.658. The first-order valence-corrected chi connectivity index (χ1v) is 9.09. The number of aryl methyl sites for hydroxylation is 2. The standard InChI is InChI=1S/C16H14FN3O6S/c1-8-5-11(9(2)25-8)15-20-19-14(26-15)7-24-16(21)12-6-10(27(18,22)23)3-4-13(12)17/h3-6H,7H2,1-2H3,(H2,18,22,23). The van der Waals surface area contributed by atoms with Crippen molar-refractivity contribution < 1.29 is 31.2 Å². The number of benzene rings is 1. The highest BCUT2D eigenvalue weighted by molar-refractivity contribution is 7.89. The Morgan fingerprint density at radius 1 is 1.22 bits per heavy atom. The molecule has 3 rings (SSSR count). The van der Waals surface area contributed by atoms with E-state index in [4.69, 9.17) is 18.7 Å². The van der Waals surface area contributed by atoms with E-state index in [0.717, 1.165) is 18.2 Å². The highest BCUT2D eigenvalue weighted by atomic mass is 32.2. The molecule has 2 aromatic heterocycles. The van der Waals surface area contributed by atoms with Crippen LogP contribution in [0.25, 0.3) is 11.5 Å². The molecule has 0 spiro atoms. The Morgan fingerprint density at radius 2 is 1.96 bits per heavy atom. The average Bonchev–Trinajstić information content (AvgIpc) is 3.17. The van der Waals surface area contributed by atoms with Crippen LogP contribution in [-0.2, 0) is 21.4 Å². The SMILES string of the molecule is Cc1cc(-c2nnc(COC(=O)c3cc(S(N)(=O)=O)ccc3F)o2)c(C)o1. The van der Waals surface area contributed by atoms with Gasteiger partial charge in [-0.3, -0.25) is 0 Å². The van der Waals surface area contributed by atoms with Crippen molar-refractivity contribution >= 4 is 16.0 Å². The molecule has 0 saturated carbocycles. The Bertz CT molecular complexity index is 1120. The van der Waals surface area contributed by atoms with Crippen molar-refractivity contribution in [3.63, 3.8) is 0 Å². The summed E-state index contributed by atoms with van der Waals surface area (Å²) in [6, 6.07) is 4.27. The summed E-state index contributed by atoms with van der Waals surface area (Å²) in [5.41, 5.74) is 0.0204. The molecule has 2 heterocycles. The van der Waals surface area contributed by atoms with Gasteiger partial charge in [0, 0.05) is 0 Å². The summed E-state index contributed by atoms with van der Waals surface area (Å²) in [6.45, 7) is 3.06. The van der Waals surface area contributed by atoms with Gasteiger partial charge in [-0.2, -0.15) is 0 Å². The minimum Gasteiger partial charge on any atom is -0.466 e. The molecule has 0 atom stereocenters. The number of nitrogens with two attached hydrogens (primary N) is 1. The number of sulfonamides is 1. The summed E-state index contributed by atoms with van der Waals surface area (Å²) in [6.07, 6.45) is 0. The van der Waals surface area contributed by atoms with Crippen molar-refractivity contribution in [1.29, 1.82) is 0 Å². The van der Waals surface area contributed by atoms with E-state index in [1.54, 1.807) is 19.9 Å². The van der Waals surface area contributed by atoms with Crippen LogP contribution in [0.4, 0.5) is 4.39 Å². The highest BCUT2D eigenvalue weighted by Gasteiger charge is 2.20. The fourth-order valence-electron chi connectivity index (χ4n) is 2.31. The number of primary sulfonamides is 1. The molecular weight excluding hydrogens is 381 g/mol. The first-order chi connectivity index (χ1) is 12.6. The van der Waals surface area contributed by atoms with E-state index < -0.39 is 38.9 Å². The molecule has 0 radical (unpaired) electrons. The maximum atomic E-state index is 13.8. The van der Waals surface area contributed by atoms with Crippen LogP contribution in [-0.4, -0.2) is 24.6 Å². The maximum absolute atomic E-state index is 13.8. The largest absolute Gasteiger partial charge is 0.466 e. The van der Waals surface area contributed by atoms with Crippen LogP contribution in [0.2, 0.25) is 0 Å². The molecule has 0 bridgehead atoms. The number of hydrogen-bond acceptors (Lipinski definition) is 8. The van der Waals surface area contributed by atoms with Crippen molar-refractivity contribution in [3.05, 3.63) is 53.1 Å². The van der Waals surface area contributed by atoms with Crippen LogP contribution in [0, 0.1) is 19.7 Å². The number of hydrogen-bond donors (Lipinski definition) is 1. The molecule has 0 amide bonds. The Kier molecular flexibility index (Phi) is 4.81. The molecule has 142 valence electrons. The molecular formula is C16H14FN3O6S. The van der Waals surface area contributed by atoms with Crippen LogP contribution in [0.3, 0.4) is 0 Å². The van der Waals surface area contributed by atoms with Crippen LogP contribution in [0.1, 0.15) is 27.8 Å². The number of furan rings is 1. The lowest BCUT2D eigenvalue weighted by atomic mass is 10.2. The summed E-state index contributed by atoms with van der Waals surface area (Å²) < 4.78 is 52.1. The zero-order valence-corrected chi connectivity index (χ0v) is 15.0. The number of esters is 1. The maximum Gasteiger partial charge on any atom is 0.341 e. The molecule has 1 aromatic carbocycles. The van der Waals surface area contributed by atoms with E-state index in [0.29, 0.717) is 17.1 Å². The lowest BCUT2D eigenvalue weighted by Gasteiger charge is -2.05. The molecule has 0 unspecified atom stereocenters. The van der Waals surface area contributed by atoms with Crippen molar-refractivity contribution in [2.75, 3.05) is 0 Å². The number of ether oxygens (including phenoxy) is 1.